The first kappa shape index (κ1) is 24.3. The van der Waals surface area contributed by atoms with Gasteiger partial charge in [0, 0.05) is 16.5 Å². The number of aromatic amines is 1. The smallest absolute Gasteiger partial charge is 0.265 e. The third kappa shape index (κ3) is 5.44. The van der Waals surface area contributed by atoms with Crippen LogP contribution in [0.25, 0.3) is 27.7 Å². The molecule has 2 heterocycles. The summed E-state index contributed by atoms with van der Waals surface area (Å²) in [7, 11) is 0. The van der Waals surface area contributed by atoms with Crippen LogP contribution in [-0.4, -0.2) is 23.4 Å². The van der Waals surface area contributed by atoms with Gasteiger partial charge in [0.2, 0.25) is 0 Å². The first-order chi connectivity index (χ1) is 16.6. The zero-order chi connectivity index (χ0) is 23.9. The number of carbonyl (C=O) groups is 2. The lowest BCUT2D eigenvalue weighted by Crippen LogP contribution is -2.22. The number of halogens is 1. The number of benzene rings is 2. The molecule has 2 N–H and O–H groups in total. The van der Waals surface area contributed by atoms with Gasteiger partial charge in [0.05, 0.1) is 22.4 Å². The number of carbonyl (C=O) groups excluding carboxylic acids is 2. The zero-order valence-corrected chi connectivity index (χ0v) is 21.2. The molecule has 0 atom stereocenters. The second kappa shape index (κ2) is 11.5. The number of hydrogen-bond donors (Lipinski definition) is 2. The van der Waals surface area contributed by atoms with Gasteiger partial charge >= 0.3 is 0 Å². The number of unbranched alkanes of at least 4 members (excludes halogenated alkanes) is 7. The Bertz CT molecular complexity index is 1190. The third-order valence-electron chi connectivity index (χ3n) is 6.24. The van der Waals surface area contributed by atoms with Crippen LogP contribution in [0.15, 0.2) is 53.0 Å². The fourth-order valence-electron chi connectivity index (χ4n) is 4.42. The molecule has 6 heteroatoms. The van der Waals surface area contributed by atoms with E-state index in [0.717, 1.165) is 39.9 Å². The molecule has 0 saturated carbocycles. The normalized spacial score (nSPS) is 13.7. The Labute approximate surface area is 209 Å². The fraction of sp³-hybridized carbons (Fsp3) is 0.357. The van der Waals surface area contributed by atoms with E-state index < -0.39 is 11.8 Å². The molecule has 0 radical (unpaired) electrons. The van der Waals surface area contributed by atoms with Gasteiger partial charge < -0.3 is 9.72 Å². The van der Waals surface area contributed by atoms with Crippen molar-refractivity contribution in [2.24, 2.45) is 0 Å². The van der Waals surface area contributed by atoms with Crippen molar-refractivity contribution in [3.8, 4) is 17.0 Å². The summed E-state index contributed by atoms with van der Waals surface area (Å²) in [4.78, 5) is 28.1. The summed E-state index contributed by atoms with van der Waals surface area (Å²) in [6, 6.07) is 15.7. The van der Waals surface area contributed by atoms with Crippen LogP contribution >= 0.6 is 15.9 Å². The van der Waals surface area contributed by atoms with E-state index in [1.54, 1.807) is 0 Å². The van der Waals surface area contributed by atoms with Crippen LogP contribution in [0.3, 0.4) is 0 Å². The van der Waals surface area contributed by atoms with E-state index in [9.17, 15) is 9.59 Å². The van der Waals surface area contributed by atoms with Gasteiger partial charge in [-0.2, -0.15) is 0 Å². The van der Waals surface area contributed by atoms with Crippen LogP contribution in [0.5, 0.6) is 5.75 Å². The maximum atomic E-state index is 12.6. The van der Waals surface area contributed by atoms with Crippen LogP contribution < -0.4 is 10.1 Å². The van der Waals surface area contributed by atoms with Crippen molar-refractivity contribution in [3.05, 3.63) is 58.6 Å². The molecule has 2 amide bonds. The molecule has 0 spiro atoms. The highest BCUT2D eigenvalue weighted by Crippen LogP contribution is 2.39. The van der Waals surface area contributed by atoms with Gasteiger partial charge in [0.1, 0.15) is 5.75 Å². The number of H-pyrrole nitrogens is 1. The lowest BCUT2D eigenvalue weighted by Gasteiger charge is -2.09. The van der Waals surface area contributed by atoms with E-state index in [1.165, 1.54) is 44.9 Å². The number of nitrogens with one attached hydrogen (secondary N) is 2. The van der Waals surface area contributed by atoms with E-state index in [0.29, 0.717) is 12.2 Å². The molecule has 0 fully saturated rings. The summed E-state index contributed by atoms with van der Waals surface area (Å²) in [6.07, 6.45) is 10.2. The average Bonchev–Trinajstić information content (AvgIpc) is 3.34. The van der Waals surface area contributed by atoms with E-state index in [4.69, 9.17) is 4.74 Å². The Hall–Kier alpha value is -2.86. The summed E-state index contributed by atoms with van der Waals surface area (Å²) in [5, 5.41) is 3.27. The molecule has 5 nitrogen and oxygen atoms in total. The maximum Gasteiger partial charge on any atom is 0.265 e. The second-order valence-electron chi connectivity index (χ2n) is 8.74. The van der Waals surface area contributed by atoms with Gasteiger partial charge in [0.25, 0.3) is 11.8 Å². The number of hydrogen-bond acceptors (Lipinski definition) is 3. The van der Waals surface area contributed by atoms with Crippen molar-refractivity contribution >= 4 is 44.2 Å². The van der Waals surface area contributed by atoms with Crippen molar-refractivity contribution in [1.82, 2.24) is 10.3 Å². The maximum absolute atomic E-state index is 12.6. The Kier molecular flexibility index (Phi) is 8.22. The van der Waals surface area contributed by atoms with E-state index >= 15 is 0 Å². The molecular formula is C28H31BrN2O3. The molecule has 34 heavy (non-hydrogen) atoms. The fourth-order valence-corrected chi connectivity index (χ4v) is 4.90. The summed E-state index contributed by atoms with van der Waals surface area (Å²) in [6.45, 7) is 2.96. The molecule has 1 aliphatic heterocycles. The molecule has 0 saturated heterocycles. The molecule has 0 aliphatic carbocycles. The minimum Gasteiger partial charge on any atom is -0.494 e. The van der Waals surface area contributed by atoms with Crippen LogP contribution in [0, 0.1) is 0 Å². The predicted molar refractivity (Wildman–Crippen MR) is 141 cm³/mol. The number of para-hydroxylation sites is 1. The number of amides is 2. The summed E-state index contributed by atoms with van der Waals surface area (Å²) >= 11 is 3.31. The molecule has 3 aromatic rings. The van der Waals surface area contributed by atoms with E-state index in [2.05, 4.69) is 33.2 Å². The highest BCUT2D eigenvalue weighted by Gasteiger charge is 2.33. The Morgan fingerprint density at radius 3 is 2.18 bits per heavy atom. The lowest BCUT2D eigenvalue weighted by molar-refractivity contribution is -0.123. The van der Waals surface area contributed by atoms with Gasteiger partial charge in [-0.25, -0.2) is 0 Å². The SMILES string of the molecule is CCCCCCCCCCOc1ccc(-c2[nH]c3ccccc3c2C2=C(Br)C(=O)NC2=O)cc1. The first-order valence-corrected chi connectivity index (χ1v) is 13.0. The summed E-state index contributed by atoms with van der Waals surface area (Å²) < 4.78 is 6.20. The topological polar surface area (TPSA) is 71.2 Å². The minimum absolute atomic E-state index is 0.258. The highest BCUT2D eigenvalue weighted by molar-refractivity contribution is 9.12. The van der Waals surface area contributed by atoms with Crippen molar-refractivity contribution in [2.45, 2.75) is 58.3 Å². The van der Waals surface area contributed by atoms with Gasteiger partial charge in [-0.3, -0.25) is 14.9 Å². The van der Waals surface area contributed by atoms with Crippen molar-refractivity contribution in [2.75, 3.05) is 6.61 Å². The van der Waals surface area contributed by atoms with Crippen molar-refractivity contribution in [3.63, 3.8) is 0 Å². The number of ether oxygens (including phenoxy) is 1. The summed E-state index contributed by atoms with van der Waals surface area (Å²) in [5.41, 5.74) is 3.70. The first-order valence-electron chi connectivity index (χ1n) is 12.2. The number of rotatable bonds is 12. The second-order valence-corrected chi connectivity index (χ2v) is 9.53. The third-order valence-corrected chi connectivity index (χ3v) is 7.00. The van der Waals surface area contributed by atoms with Crippen LogP contribution in [0.1, 0.15) is 63.9 Å². The molecule has 0 bridgehead atoms. The molecule has 1 aliphatic rings. The Balaban J connectivity index is 1.44. The number of imide groups is 1. The monoisotopic (exact) mass is 522 g/mol. The summed E-state index contributed by atoms with van der Waals surface area (Å²) in [5.74, 6) is 0.0210. The van der Waals surface area contributed by atoms with Gasteiger partial charge in [0.15, 0.2) is 0 Å². The average molecular weight is 523 g/mol. The highest BCUT2D eigenvalue weighted by atomic mass is 79.9. The van der Waals surface area contributed by atoms with Gasteiger partial charge in [-0.15, -0.1) is 0 Å². The van der Waals surface area contributed by atoms with Crippen molar-refractivity contribution in [1.29, 1.82) is 0 Å². The van der Waals surface area contributed by atoms with E-state index in [1.807, 2.05) is 48.5 Å². The zero-order valence-electron chi connectivity index (χ0n) is 19.6. The van der Waals surface area contributed by atoms with Crippen LogP contribution in [-0.2, 0) is 9.59 Å². The van der Waals surface area contributed by atoms with Gasteiger partial charge in [-0.05, 0) is 58.2 Å². The Morgan fingerprint density at radius 2 is 1.50 bits per heavy atom. The minimum atomic E-state index is -0.416. The van der Waals surface area contributed by atoms with Crippen LogP contribution in [0.4, 0.5) is 0 Å². The van der Waals surface area contributed by atoms with Gasteiger partial charge in [-0.1, -0.05) is 70.1 Å². The molecule has 0 unspecified atom stereocenters. The molecule has 2 aromatic carbocycles. The van der Waals surface area contributed by atoms with Crippen molar-refractivity contribution < 1.29 is 14.3 Å². The quantitative estimate of drug-likeness (QED) is 0.196. The predicted octanol–water partition coefficient (Wildman–Crippen LogP) is 7.12. The Morgan fingerprint density at radius 1 is 0.824 bits per heavy atom. The molecule has 1 aromatic heterocycles. The van der Waals surface area contributed by atoms with Crippen LogP contribution in [0.2, 0.25) is 0 Å². The molecule has 178 valence electrons. The lowest BCUT2D eigenvalue weighted by atomic mass is 9.98. The largest absolute Gasteiger partial charge is 0.494 e. The standard InChI is InChI=1S/C28H31BrN2O3/c1-2-3-4-5-6-7-8-11-18-34-20-16-14-19(15-17-20)26-23(21-12-9-10-13-22(21)30-26)24-25(29)28(33)31-27(24)32/h9-10,12-17,30H,2-8,11,18H2,1H3,(H,31,32,33). The molecule has 4 rings (SSSR count). The molecular weight excluding hydrogens is 492 g/mol. The van der Waals surface area contributed by atoms with E-state index in [-0.39, 0.29) is 4.48 Å². The number of aromatic nitrogens is 1. The number of fused-ring (bicyclic) bond motifs is 1.